The summed E-state index contributed by atoms with van der Waals surface area (Å²) in [6.45, 7) is 1.60. The number of hydrogen-bond donors (Lipinski definition) is 3. The number of aromatic hydroxyl groups is 1. The third kappa shape index (κ3) is 1.93. The molecule has 2 amide bonds. The lowest BCUT2D eigenvalue weighted by atomic mass is 10.3. The van der Waals surface area contributed by atoms with Gasteiger partial charge in [0.15, 0.2) is 5.75 Å². The Labute approximate surface area is 85.5 Å². The minimum absolute atomic E-state index is 0.135. The van der Waals surface area contributed by atoms with Gasteiger partial charge in [0, 0.05) is 31.0 Å². The van der Waals surface area contributed by atoms with Gasteiger partial charge in [-0.15, -0.1) is 0 Å². The second-order valence-electron chi connectivity index (χ2n) is 3.36. The van der Waals surface area contributed by atoms with Gasteiger partial charge >= 0.3 is 6.03 Å². The van der Waals surface area contributed by atoms with Gasteiger partial charge in [-0.2, -0.15) is 0 Å². The predicted octanol–water partition coefficient (Wildman–Crippen LogP) is -0.394. The highest BCUT2D eigenvalue weighted by Gasteiger charge is 2.19. The number of aromatic nitrogens is 1. The number of carbonyl (C=O) groups excluding carboxylic acids is 1. The molecule has 0 atom stereocenters. The van der Waals surface area contributed by atoms with Crippen LogP contribution in [0.1, 0.15) is 5.69 Å². The minimum atomic E-state index is -0.441. The van der Waals surface area contributed by atoms with Gasteiger partial charge in [0.2, 0.25) is 5.43 Å². The molecule has 2 rings (SSSR count). The van der Waals surface area contributed by atoms with Crippen LogP contribution in [0.2, 0.25) is 0 Å². The maximum atomic E-state index is 11.2. The van der Waals surface area contributed by atoms with Gasteiger partial charge in [0.25, 0.3) is 0 Å². The summed E-state index contributed by atoms with van der Waals surface area (Å²) in [5, 5.41) is 11.7. The Morgan fingerprint density at radius 3 is 2.87 bits per heavy atom. The Hall–Kier alpha value is -1.98. The average Bonchev–Trinajstić information content (AvgIpc) is 2.59. The quantitative estimate of drug-likeness (QED) is 0.619. The lowest BCUT2D eigenvalue weighted by Crippen LogP contribution is -2.28. The first-order valence-electron chi connectivity index (χ1n) is 4.60. The molecule has 6 heteroatoms. The van der Waals surface area contributed by atoms with E-state index in [2.05, 4.69) is 10.3 Å². The number of pyridine rings is 1. The Balaban J connectivity index is 2.14. The van der Waals surface area contributed by atoms with E-state index < -0.39 is 5.43 Å². The average molecular weight is 209 g/mol. The molecular formula is C9H11N3O3. The molecule has 0 aromatic carbocycles. The molecule has 0 aliphatic carbocycles. The third-order valence-electron chi connectivity index (χ3n) is 2.26. The lowest BCUT2D eigenvalue weighted by Gasteiger charge is -2.13. The van der Waals surface area contributed by atoms with Gasteiger partial charge in [0.1, 0.15) is 0 Å². The van der Waals surface area contributed by atoms with E-state index in [4.69, 9.17) is 5.11 Å². The number of carbonyl (C=O) groups is 1. The number of rotatable bonds is 2. The third-order valence-corrected chi connectivity index (χ3v) is 2.26. The number of amides is 2. The maximum Gasteiger partial charge on any atom is 0.317 e. The van der Waals surface area contributed by atoms with E-state index in [0.717, 1.165) is 0 Å². The Kier molecular flexibility index (Phi) is 2.32. The smallest absolute Gasteiger partial charge is 0.317 e. The summed E-state index contributed by atoms with van der Waals surface area (Å²) in [6.07, 6.45) is 1.23. The summed E-state index contributed by atoms with van der Waals surface area (Å²) in [7, 11) is 0. The molecule has 2 heterocycles. The van der Waals surface area contributed by atoms with Crippen LogP contribution in [0.5, 0.6) is 5.75 Å². The predicted molar refractivity (Wildman–Crippen MR) is 52.5 cm³/mol. The van der Waals surface area contributed by atoms with Crippen LogP contribution >= 0.6 is 0 Å². The van der Waals surface area contributed by atoms with Crippen molar-refractivity contribution in [3.63, 3.8) is 0 Å². The van der Waals surface area contributed by atoms with Crippen molar-refractivity contribution in [3.05, 3.63) is 28.2 Å². The van der Waals surface area contributed by atoms with Crippen LogP contribution in [0.3, 0.4) is 0 Å². The fourth-order valence-electron chi connectivity index (χ4n) is 1.46. The van der Waals surface area contributed by atoms with Crippen molar-refractivity contribution in [2.45, 2.75) is 6.54 Å². The molecule has 1 saturated heterocycles. The molecule has 1 fully saturated rings. The van der Waals surface area contributed by atoms with Gasteiger partial charge in [-0.05, 0) is 0 Å². The van der Waals surface area contributed by atoms with Crippen molar-refractivity contribution in [3.8, 4) is 5.75 Å². The number of H-pyrrole nitrogens is 1. The molecule has 0 bridgehead atoms. The van der Waals surface area contributed by atoms with Crippen molar-refractivity contribution >= 4 is 6.03 Å². The van der Waals surface area contributed by atoms with Crippen LogP contribution in [-0.2, 0) is 6.54 Å². The minimum Gasteiger partial charge on any atom is -0.503 e. The molecule has 80 valence electrons. The SMILES string of the molecule is O=C1NCCN1Cc1cc(=O)c(O)c[nH]1. The van der Waals surface area contributed by atoms with E-state index in [1.807, 2.05) is 0 Å². The lowest BCUT2D eigenvalue weighted by molar-refractivity contribution is 0.215. The van der Waals surface area contributed by atoms with E-state index in [1.165, 1.54) is 12.3 Å². The highest BCUT2D eigenvalue weighted by Crippen LogP contribution is 2.05. The van der Waals surface area contributed by atoms with Crippen LogP contribution in [0.15, 0.2) is 17.1 Å². The molecule has 0 spiro atoms. The largest absolute Gasteiger partial charge is 0.503 e. The molecule has 6 nitrogen and oxygen atoms in total. The van der Waals surface area contributed by atoms with Crippen molar-refractivity contribution < 1.29 is 9.90 Å². The van der Waals surface area contributed by atoms with Gasteiger partial charge in [-0.1, -0.05) is 0 Å². The van der Waals surface area contributed by atoms with Crippen molar-refractivity contribution in [2.24, 2.45) is 0 Å². The van der Waals surface area contributed by atoms with Crippen LogP contribution in [0.4, 0.5) is 4.79 Å². The summed E-state index contributed by atoms with van der Waals surface area (Å²) in [5.41, 5.74) is 0.165. The number of nitrogens with zero attached hydrogens (tertiary/aromatic N) is 1. The zero-order chi connectivity index (χ0) is 10.8. The van der Waals surface area contributed by atoms with E-state index in [9.17, 15) is 9.59 Å². The van der Waals surface area contributed by atoms with E-state index in [-0.39, 0.29) is 11.8 Å². The maximum absolute atomic E-state index is 11.2. The number of nitrogens with one attached hydrogen (secondary N) is 2. The van der Waals surface area contributed by atoms with Gasteiger partial charge in [-0.25, -0.2) is 4.79 Å². The molecule has 3 N–H and O–H groups in total. The zero-order valence-electron chi connectivity index (χ0n) is 7.99. The van der Waals surface area contributed by atoms with E-state index in [1.54, 1.807) is 4.90 Å². The van der Waals surface area contributed by atoms with Crippen LogP contribution < -0.4 is 10.7 Å². The van der Waals surface area contributed by atoms with E-state index in [0.29, 0.717) is 25.3 Å². The summed E-state index contributed by atoms with van der Waals surface area (Å²) in [5.74, 6) is -0.315. The summed E-state index contributed by atoms with van der Waals surface area (Å²) >= 11 is 0. The molecule has 1 aromatic rings. The van der Waals surface area contributed by atoms with Gasteiger partial charge < -0.3 is 20.3 Å². The van der Waals surface area contributed by atoms with Crippen molar-refractivity contribution in [1.82, 2.24) is 15.2 Å². The van der Waals surface area contributed by atoms with Crippen LogP contribution in [-0.4, -0.2) is 34.1 Å². The molecule has 1 aliphatic rings. The first kappa shape index (κ1) is 9.57. The second-order valence-corrected chi connectivity index (χ2v) is 3.36. The normalized spacial score (nSPS) is 15.5. The summed E-state index contributed by atoms with van der Waals surface area (Å²) < 4.78 is 0. The molecule has 0 radical (unpaired) electrons. The zero-order valence-corrected chi connectivity index (χ0v) is 7.99. The summed E-state index contributed by atoms with van der Waals surface area (Å²) in [4.78, 5) is 26.6. The molecular weight excluding hydrogens is 198 g/mol. The van der Waals surface area contributed by atoms with Crippen LogP contribution in [0, 0.1) is 0 Å². The second kappa shape index (κ2) is 3.64. The van der Waals surface area contributed by atoms with Crippen molar-refractivity contribution in [2.75, 3.05) is 13.1 Å². The Morgan fingerprint density at radius 2 is 2.27 bits per heavy atom. The number of aromatic amines is 1. The molecule has 0 saturated carbocycles. The monoisotopic (exact) mass is 209 g/mol. The summed E-state index contributed by atoms with van der Waals surface area (Å²) in [6, 6.07) is 1.16. The standard InChI is InChI=1S/C9H11N3O3/c13-7-3-6(11-4-8(7)14)5-12-2-1-10-9(12)15/h3-4,14H,1-2,5H2,(H,10,15)(H,11,13). The first-order chi connectivity index (χ1) is 7.16. The van der Waals surface area contributed by atoms with Gasteiger partial charge in [0.05, 0.1) is 6.54 Å². The highest BCUT2D eigenvalue weighted by molar-refractivity contribution is 5.76. The Morgan fingerprint density at radius 1 is 1.47 bits per heavy atom. The number of urea groups is 1. The van der Waals surface area contributed by atoms with E-state index >= 15 is 0 Å². The van der Waals surface area contributed by atoms with Gasteiger partial charge in [-0.3, -0.25) is 4.79 Å². The molecule has 0 unspecified atom stereocenters. The number of hydrogen-bond acceptors (Lipinski definition) is 3. The molecule has 15 heavy (non-hydrogen) atoms. The topological polar surface area (TPSA) is 85.4 Å². The molecule has 1 aliphatic heterocycles. The highest BCUT2D eigenvalue weighted by atomic mass is 16.3. The molecule has 1 aromatic heterocycles. The van der Waals surface area contributed by atoms with Crippen LogP contribution in [0.25, 0.3) is 0 Å². The fourth-order valence-corrected chi connectivity index (χ4v) is 1.46. The van der Waals surface area contributed by atoms with Crippen molar-refractivity contribution in [1.29, 1.82) is 0 Å². The Bertz CT molecular complexity index is 440. The fraction of sp³-hybridized carbons (Fsp3) is 0.333. The first-order valence-corrected chi connectivity index (χ1v) is 4.60.